The van der Waals surface area contributed by atoms with Crippen LogP contribution in [0.15, 0.2) is 0 Å². The largest absolute Gasteiger partial charge is 0.317 e. The molecule has 2 heteroatoms. The van der Waals surface area contributed by atoms with Crippen molar-refractivity contribution in [1.82, 2.24) is 10.2 Å². The van der Waals surface area contributed by atoms with E-state index in [2.05, 4.69) is 24.3 Å². The van der Waals surface area contributed by atoms with Crippen LogP contribution in [0.25, 0.3) is 0 Å². The molecular weight excluding hydrogens is 172 g/mol. The zero-order chi connectivity index (χ0) is 10.0. The molecule has 82 valence electrons. The Labute approximate surface area is 88.1 Å². The molecule has 0 aromatic heterocycles. The van der Waals surface area contributed by atoms with Crippen molar-refractivity contribution < 1.29 is 0 Å². The second-order valence-corrected chi connectivity index (χ2v) is 5.62. The van der Waals surface area contributed by atoms with E-state index in [1.807, 2.05) is 0 Å². The van der Waals surface area contributed by atoms with Crippen LogP contribution in [0.2, 0.25) is 0 Å². The number of piperidine rings is 1. The first-order chi connectivity index (χ1) is 6.70. The van der Waals surface area contributed by atoms with Gasteiger partial charge in [0.2, 0.25) is 0 Å². The number of nitrogens with one attached hydrogen (secondary N) is 1. The monoisotopic (exact) mass is 196 g/mol. The summed E-state index contributed by atoms with van der Waals surface area (Å²) in [5.74, 6) is 1.04. The molecule has 14 heavy (non-hydrogen) atoms. The molecule has 1 saturated heterocycles. The molecule has 1 saturated carbocycles. The van der Waals surface area contributed by atoms with Gasteiger partial charge in [-0.05, 0) is 77.2 Å². The first-order valence-electron chi connectivity index (χ1n) is 6.06. The van der Waals surface area contributed by atoms with Crippen LogP contribution in [-0.4, -0.2) is 38.6 Å². The molecule has 1 heterocycles. The maximum Gasteiger partial charge on any atom is -0.00222 e. The highest BCUT2D eigenvalue weighted by atomic mass is 15.0. The molecule has 1 aliphatic carbocycles. The molecule has 0 unspecified atom stereocenters. The normalized spacial score (nSPS) is 26.8. The van der Waals surface area contributed by atoms with E-state index in [1.54, 1.807) is 0 Å². The predicted molar refractivity (Wildman–Crippen MR) is 60.4 cm³/mol. The summed E-state index contributed by atoms with van der Waals surface area (Å²) in [6.45, 7) is 3.81. The van der Waals surface area contributed by atoms with Crippen molar-refractivity contribution in [2.45, 2.75) is 32.1 Å². The van der Waals surface area contributed by atoms with E-state index in [0.29, 0.717) is 0 Å². The fourth-order valence-corrected chi connectivity index (χ4v) is 3.18. The lowest BCUT2D eigenvalue weighted by Gasteiger charge is -2.51. The topological polar surface area (TPSA) is 15.3 Å². The zero-order valence-corrected chi connectivity index (χ0v) is 9.68. The maximum atomic E-state index is 3.46. The summed E-state index contributed by atoms with van der Waals surface area (Å²) in [6, 6.07) is 0. The smallest absolute Gasteiger partial charge is 0.00222 e. The highest BCUT2D eigenvalue weighted by Crippen LogP contribution is 2.52. The fourth-order valence-electron chi connectivity index (χ4n) is 3.18. The Morgan fingerprint density at radius 1 is 1.21 bits per heavy atom. The van der Waals surface area contributed by atoms with Crippen molar-refractivity contribution in [2.24, 2.45) is 11.3 Å². The van der Waals surface area contributed by atoms with Crippen LogP contribution in [0.3, 0.4) is 0 Å². The van der Waals surface area contributed by atoms with E-state index in [-0.39, 0.29) is 0 Å². The summed E-state index contributed by atoms with van der Waals surface area (Å²) in [6.07, 6.45) is 7.32. The molecular formula is C12H24N2. The second-order valence-electron chi connectivity index (χ2n) is 5.62. The van der Waals surface area contributed by atoms with Crippen LogP contribution >= 0.6 is 0 Å². The first kappa shape index (κ1) is 10.4. The van der Waals surface area contributed by atoms with Crippen LogP contribution < -0.4 is 5.32 Å². The van der Waals surface area contributed by atoms with E-state index in [0.717, 1.165) is 11.3 Å². The third-order valence-corrected chi connectivity index (χ3v) is 4.09. The van der Waals surface area contributed by atoms with Gasteiger partial charge in [0, 0.05) is 0 Å². The van der Waals surface area contributed by atoms with Gasteiger partial charge < -0.3 is 10.2 Å². The molecule has 0 amide bonds. The van der Waals surface area contributed by atoms with Gasteiger partial charge in [-0.3, -0.25) is 0 Å². The highest BCUT2D eigenvalue weighted by molar-refractivity contribution is 4.96. The number of nitrogens with zero attached hydrogens (tertiary/aromatic N) is 1. The standard InChI is InChI=1S/C12H24N2/c1-14(2)8-3-11-9-12(10-11)4-6-13-7-5-12/h11,13H,3-10H2,1-2H3. The average Bonchev–Trinajstić information content (AvgIpc) is 2.12. The van der Waals surface area contributed by atoms with Gasteiger partial charge in [0.15, 0.2) is 0 Å². The third kappa shape index (κ3) is 2.29. The Bertz CT molecular complexity index is 175. The van der Waals surface area contributed by atoms with Crippen molar-refractivity contribution in [3.05, 3.63) is 0 Å². The molecule has 0 aromatic carbocycles. The molecule has 0 radical (unpaired) electrons. The number of hydrogen-bond acceptors (Lipinski definition) is 2. The molecule has 0 atom stereocenters. The molecule has 1 spiro atoms. The van der Waals surface area contributed by atoms with Crippen LogP contribution in [0.4, 0.5) is 0 Å². The number of rotatable bonds is 3. The van der Waals surface area contributed by atoms with Gasteiger partial charge in [0.25, 0.3) is 0 Å². The van der Waals surface area contributed by atoms with Gasteiger partial charge in [-0.25, -0.2) is 0 Å². The second kappa shape index (κ2) is 4.19. The van der Waals surface area contributed by atoms with Crippen LogP contribution in [0, 0.1) is 11.3 Å². The molecule has 1 aliphatic heterocycles. The Morgan fingerprint density at radius 3 is 2.43 bits per heavy atom. The fraction of sp³-hybridized carbons (Fsp3) is 1.00. The molecule has 0 aromatic rings. The summed E-state index contributed by atoms with van der Waals surface area (Å²) in [5, 5.41) is 3.46. The van der Waals surface area contributed by atoms with Gasteiger partial charge in [-0.1, -0.05) is 0 Å². The van der Waals surface area contributed by atoms with Crippen LogP contribution in [0.1, 0.15) is 32.1 Å². The summed E-state index contributed by atoms with van der Waals surface area (Å²) in [5.41, 5.74) is 0.780. The minimum absolute atomic E-state index is 0.780. The zero-order valence-electron chi connectivity index (χ0n) is 9.68. The quantitative estimate of drug-likeness (QED) is 0.739. The van der Waals surface area contributed by atoms with E-state index in [9.17, 15) is 0 Å². The van der Waals surface area contributed by atoms with E-state index in [1.165, 1.54) is 51.7 Å². The Morgan fingerprint density at radius 2 is 1.86 bits per heavy atom. The predicted octanol–water partition coefficient (Wildman–Crippen LogP) is 1.72. The van der Waals surface area contributed by atoms with Gasteiger partial charge in [0.05, 0.1) is 0 Å². The minimum Gasteiger partial charge on any atom is -0.317 e. The van der Waals surface area contributed by atoms with Gasteiger partial charge in [-0.15, -0.1) is 0 Å². The van der Waals surface area contributed by atoms with Gasteiger partial charge in [-0.2, -0.15) is 0 Å². The molecule has 2 fully saturated rings. The van der Waals surface area contributed by atoms with Crippen molar-refractivity contribution in [2.75, 3.05) is 33.7 Å². The lowest BCUT2D eigenvalue weighted by atomic mass is 9.57. The Hall–Kier alpha value is -0.0800. The molecule has 2 rings (SSSR count). The number of hydrogen-bond donors (Lipinski definition) is 1. The SMILES string of the molecule is CN(C)CCC1CC2(CCNCC2)C1. The van der Waals surface area contributed by atoms with Gasteiger partial charge >= 0.3 is 0 Å². The first-order valence-corrected chi connectivity index (χ1v) is 6.06. The lowest BCUT2D eigenvalue weighted by Crippen LogP contribution is -2.45. The van der Waals surface area contributed by atoms with Crippen molar-refractivity contribution in [3.63, 3.8) is 0 Å². The molecule has 1 N–H and O–H groups in total. The van der Waals surface area contributed by atoms with Gasteiger partial charge in [0.1, 0.15) is 0 Å². The van der Waals surface area contributed by atoms with E-state index >= 15 is 0 Å². The summed E-state index contributed by atoms with van der Waals surface area (Å²) in [7, 11) is 4.36. The molecule has 2 aliphatic rings. The van der Waals surface area contributed by atoms with Crippen LogP contribution in [0.5, 0.6) is 0 Å². The molecule has 2 nitrogen and oxygen atoms in total. The lowest BCUT2D eigenvalue weighted by molar-refractivity contribution is 0.0145. The Kier molecular flexibility index (Phi) is 3.13. The summed E-state index contributed by atoms with van der Waals surface area (Å²) < 4.78 is 0. The van der Waals surface area contributed by atoms with Crippen molar-refractivity contribution in [3.8, 4) is 0 Å². The third-order valence-electron chi connectivity index (χ3n) is 4.09. The van der Waals surface area contributed by atoms with E-state index < -0.39 is 0 Å². The average molecular weight is 196 g/mol. The highest BCUT2D eigenvalue weighted by Gasteiger charge is 2.43. The van der Waals surface area contributed by atoms with Crippen molar-refractivity contribution in [1.29, 1.82) is 0 Å². The van der Waals surface area contributed by atoms with E-state index in [4.69, 9.17) is 0 Å². The Balaban J connectivity index is 1.67. The summed E-state index contributed by atoms with van der Waals surface area (Å²) >= 11 is 0. The summed E-state index contributed by atoms with van der Waals surface area (Å²) in [4.78, 5) is 2.31. The van der Waals surface area contributed by atoms with Crippen LogP contribution in [-0.2, 0) is 0 Å². The van der Waals surface area contributed by atoms with Crippen molar-refractivity contribution >= 4 is 0 Å². The minimum atomic E-state index is 0.780. The maximum absolute atomic E-state index is 3.46. The molecule has 0 bridgehead atoms.